The zero-order valence-electron chi connectivity index (χ0n) is 14.5. The maximum atomic E-state index is 12.9. The van der Waals surface area contributed by atoms with E-state index in [-0.39, 0.29) is 16.6 Å². The zero-order valence-corrected chi connectivity index (χ0v) is 14.5. The molecule has 2 N–H and O–H groups in total. The highest BCUT2D eigenvalue weighted by molar-refractivity contribution is 6.12. The standard InChI is InChI=1S/C19H17NO6/c1-24-13-7-5-4-6-10(13)17(21)16-19(23)18(22)11-8-14(25-2)15(26-3)9-12(11)20-16/h4-9,23H,1-3H3,(H,20,22). The van der Waals surface area contributed by atoms with E-state index in [9.17, 15) is 14.7 Å². The quantitative estimate of drug-likeness (QED) is 0.683. The number of methoxy groups -OCH3 is 3. The van der Waals surface area contributed by atoms with E-state index in [0.717, 1.165) is 0 Å². The van der Waals surface area contributed by atoms with Crippen LogP contribution in [-0.2, 0) is 0 Å². The lowest BCUT2D eigenvalue weighted by Gasteiger charge is -2.12. The Morgan fingerprint density at radius 2 is 1.58 bits per heavy atom. The van der Waals surface area contributed by atoms with Crippen molar-refractivity contribution >= 4 is 16.7 Å². The maximum Gasteiger partial charge on any atom is 0.231 e. The number of carbonyl (C=O) groups is 1. The molecular weight excluding hydrogens is 338 g/mol. The van der Waals surface area contributed by atoms with Crippen molar-refractivity contribution in [2.24, 2.45) is 0 Å². The number of aromatic hydroxyl groups is 1. The van der Waals surface area contributed by atoms with E-state index < -0.39 is 17.0 Å². The number of aromatic amines is 1. The van der Waals surface area contributed by atoms with Crippen molar-refractivity contribution in [3.05, 3.63) is 57.9 Å². The van der Waals surface area contributed by atoms with Crippen LogP contribution in [-0.4, -0.2) is 37.2 Å². The monoisotopic (exact) mass is 355 g/mol. The number of H-pyrrole nitrogens is 1. The van der Waals surface area contributed by atoms with Crippen molar-refractivity contribution in [3.63, 3.8) is 0 Å². The molecular formula is C19H17NO6. The Morgan fingerprint density at radius 3 is 2.23 bits per heavy atom. The molecule has 0 saturated carbocycles. The highest BCUT2D eigenvalue weighted by atomic mass is 16.5. The molecule has 26 heavy (non-hydrogen) atoms. The van der Waals surface area contributed by atoms with Crippen LogP contribution >= 0.6 is 0 Å². The first-order valence-corrected chi connectivity index (χ1v) is 7.70. The molecule has 0 fully saturated rings. The summed E-state index contributed by atoms with van der Waals surface area (Å²) in [6.45, 7) is 0. The smallest absolute Gasteiger partial charge is 0.231 e. The van der Waals surface area contributed by atoms with Gasteiger partial charge in [0.1, 0.15) is 11.4 Å². The summed E-state index contributed by atoms with van der Waals surface area (Å²) in [5, 5.41) is 10.5. The average molecular weight is 355 g/mol. The summed E-state index contributed by atoms with van der Waals surface area (Å²) in [7, 11) is 4.34. The van der Waals surface area contributed by atoms with Crippen LogP contribution in [0.15, 0.2) is 41.2 Å². The predicted octanol–water partition coefficient (Wildman–Crippen LogP) is 2.49. The Morgan fingerprint density at radius 1 is 0.962 bits per heavy atom. The largest absolute Gasteiger partial charge is 0.503 e. The van der Waals surface area contributed by atoms with Crippen molar-refractivity contribution in [1.29, 1.82) is 0 Å². The summed E-state index contributed by atoms with van der Waals surface area (Å²) in [5.74, 6) is -0.162. The third-order valence-electron chi connectivity index (χ3n) is 4.06. The van der Waals surface area contributed by atoms with E-state index in [0.29, 0.717) is 22.8 Å². The number of aromatic nitrogens is 1. The van der Waals surface area contributed by atoms with Gasteiger partial charge in [-0.05, 0) is 18.2 Å². The molecule has 7 nitrogen and oxygen atoms in total. The van der Waals surface area contributed by atoms with Gasteiger partial charge in [-0.25, -0.2) is 0 Å². The second-order valence-electron chi connectivity index (χ2n) is 5.46. The molecule has 7 heteroatoms. The van der Waals surface area contributed by atoms with Crippen LogP contribution in [0, 0.1) is 0 Å². The first-order chi connectivity index (χ1) is 12.5. The molecule has 3 rings (SSSR count). The minimum Gasteiger partial charge on any atom is -0.503 e. The van der Waals surface area contributed by atoms with Crippen molar-refractivity contribution in [1.82, 2.24) is 4.98 Å². The third kappa shape index (κ3) is 2.73. The van der Waals surface area contributed by atoms with Gasteiger partial charge in [-0.3, -0.25) is 9.59 Å². The molecule has 0 atom stereocenters. The molecule has 0 bridgehead atoms. The van der Waals surface area contributed by atoms with Gasteiger partial charge in [0.15, 0.2) is 17.2 Å². The van der Waals surface area contributed by atoms with Gasteiger partial charge >= 0.3 is 0 Å². The van der Waals surface area contributed by atoms with Crippen molar-refractivity contribution in [2.45, 2.75) is 0 Å². The molecule has 0 radical (unpaired) electrons. The topological polar surface area (TPSA) is 97.9 Å². The van der Waals surface area contributed by atoms with Crippen molar-refractivity contribution in [2.75, 3.05) is 21.3 Å². The third-order valence-corrected chi connectivity index (χ3v) is 4.06. The predicted molar refractivity (Wildman–Crippen MR) is 95.8 cm³/mol. The fourth-order valence-corrected chi connectivity index (χ4v) is 2.74. The van der Waals surface area contributed by atoms with Crippen LogP contribution in [0.4, 0.5) is 0 Å². The molecule has 0 aliphatic rings. The first kappa shape index (κ1) is 17.3. The Balaban J connectivity index is 2.25. The molecule has 3 aromatic rings. The number of pyridine rings is 1. The van der Waals surface area contributed by atoms with E-state index in [4.69, 9.17) is 14.2 Å². The minimum atomic E-state index is -0.682. The van der Waals surface area contributed by atoms with E-state index in [2.05, 4.69) is 4.98 Å². The maximum absolute atomic E-state index is 12.9. The highest BCUT2D eigenvalue weighted by Crippen LogP contribution is 2.32. The fourth-order valence-electron chi connectivity index (χ4n) is 2.74. The van der Waals surface area contributed by atoms with Gasteiger partial charge in [-0.15, -0.1) is 0 Å². The Kier molecular flexibility index (Phi) is 4.53. The van der Waals surface area contributed by atoms with Gasteiger partial charge < -0.3 is 24.3 Å². The molecule has 1 heterocycles. The number of ketones is 1. The molecule has 0 aliphatic heterocycles. The molecule has 134 valence electrons. The average Bonchev–Trinajstić information content (AvgIpc) is 2.69. The van der Waals surface area contributed by atoms with Crippen LogP contribution in [0.5, 0.6) is 23.0 Å². The van der Waals surface area contributed by atoms with Crippen LogP contribution in [0.25, 0.3) is 10.9 Å². The highest BCUT2D eigenvalue weighted by Gasteiger charge is 2.22. The summed E-state index contributed by atoms with van der Waals surface area (Å²) >= 11 is 0. The molecule has 0 aliphatic carbocycles. The van der Waals surface area contributed by atoms with Crippen molar-refractivity contribution < 1.29 is 24.1 Å². The lowest BCUT2D eigenvalue weighted by Crippen LogP contribution is -2.13. The normalized spacial score (nSPS) is 10.6. The Bertz CT molecular complexity index is 1050. The van der Waals surface area contributed by atoms with E-state index in [1.165, 1.54) is 33.5 Å². The summed E-state index contributed by atoms with van der Waals surface area (Å²) in [6, 6.07) is 9.54. The van der Waals surface area contributed by atoms with Crippen LogP contribution in [0.1, 0.15) is 16.1 Å². The summed E-state index contributed by atoms with van der Waals surface area (Å²) in [6.07, 6.45) is 0. The Hall–Kier alpha value is -3.48. The zero-order chi connectivity index (χ0) is 18.8. The molecule has 1 aromatic heterocycles. The van der Waals surface area contributed by atoms with Crippen LogP contribution in [0.3, 0.4) is 0 Å². The second-order valence-corrected chi connectivity index (χ2v) is 5.46. The number of ether oxygens (including phenoxy) is 3. The van der Waals surface area contributed by atoms with Gasteiger partial charge in [-0.2, -0.15) is 0 Å². The molecule has 0 amide bonds. The van der Waals surface area contributed by atoms with Crippen molar-refractivity contribution in [3.8, 4) is 23.0 Å². The number of nitrogens with one attached hydrogen (secondary N) is 1. The molecule has 0 saturated heterocycles. The number of fused-ring (bicyclic) bond motifs is 1. The number of hydrogen-bond donors (Lipinski definition) is 2. The molecule has 0 spiro atoms. The number of hydrogen-bond acceptors (Lipinski definition) is 6. The lowest BCUT2D eigenvalue weighted by atomic mass is 10.0. The lowest BCUT2D eigenvalue weighted by molar-refractivity contribution is 0.102. The summed E-state index contributed by atoms with van der Waals surface area (Å²) in [5.41, 5.74) is -0.346. The molecule has 0 unspecified atom stereocenters. The van der Waals surface area contributed by atoms with E-state index >= 15 is 0 Å². The van der Waals surface area contributed by atoms with E-state index in [1.807, 2.05) is 0 Å². The number of benzene rings is 2. The van der Waals surface area contributed by atoms with Gasteiger partial charge in [-0.1, -0.05) is 12.1 Å². The van der Waals surface area contributed by atoms with E-state index in [1.54, 1.807) is 24.3 Å². The number of para-hydroxylation sites is 1. The number of rotatable bonds is 5. The van der Waals surface area contributed by atoms with Gasteiger partial charge in [0.2, 0.25) is 11.2 Å². The fraction of sp³-hybridized carbons (Fsp3) is 0.158. The van der Waals surface area contributed by atoms with Gasteiger partial charge in [0, 0.05) is 6.07 Å². The minimum absolute atomic E-state index is 0.178. The van der Waals surface area contributed by atoms with Gasteiger partial charge in [0.05, 0.1) is 37.8 Å². The Labute approximate surface area is 148 Å². The SMILES string of the molecule is COc1cc2[nH]c(C(=O)c3ccccc3OC)c(O)c(=O)c2cc1OC. The summed E-state index contributed by atoms with van der Waals surface area (Å²) in [4.78, 5) is 28.2. The van der Waals surface area contributed by atoms with Gasteiger partial charge in [0.25, 0.3) is 0 Å². The molecule has 2 aromatic carbocycles. The van der Waals surface area contributed by atoms with Crippen LogP contribution < -0.4 is 19.6 Å². The first-order valence-electron chi connectivity index (χ1n) is 7.70. The van der Waals surface area contributed by atoms with Crippen LogP contribution in [0.2, 0.25) is 0 Å². The second kappa shape index (κ2) is 6.79. The number of carbonyl (C=O) groups excluding carboxylic acids is 1. The summed E-state index contributed by atoms with van der Waals surface area (Å²) < 4.78 is 15.6.